The van der Waals surface area contributed by atoms with Crippen LogP contribution < -0.4 is 10.6 Å². The minimum atomic E-state index is -0.130. The van der Waals surface area contributed by atoms with E-state index in [0.29, 0.717) is 13.0 Å². The third kappa shape index (κ3) is 4.58. The van der Waals surface area contributed by atoms with Crippen LogP contribution in [0.5, 0.6) is 0 Å². The van der Waals surface area contributed by atoms with Crippen LogP contribution in [0.1, 0.15) is 18.4 Å². The summed E-state index contributed by atoms with van der Waals surface area (Å²) in [6, 6.07) is 10.1. The van der Waals surface area contributed by atoms with Gasteiger partial charge in [-0.25, -0.2) is 0 Å². The fraction of sp³-hybridized carbons (Fsp3) is 0.333. The number of benzene rings is 1. The van der Waals surface area contributed by atoms with E-state index in [-0.39, 0.29) is 17.9 Å². The van der Waals surface area contributed by atoms with E-state index in [4.69, 9.17) is 0 Å². The molecule has 0 aliphatic carbocycles. The first-order valence-corrected chi connectivity index (χ1v) is 6.52. The maximum absolute atomic E-state index is 11.6. The van der Waals surface area contributed by atoms with Gasteiger partial charge in [0.1, 0.15) is 0 Å². The van der Waals surface area contributed by atoms with Crippen molar-refractivity contribution in [2.24, 2.45) is 0 Å². The number of nitrogens with one attached hydrogen (secondary N) is 2. The van der Waals surface area contributed by atoms with Gasteiger partial charge in [0.15, 0.2) is 0 Å². The molecule has 0 spiro atoms. The van der Waals surface area contributed by atoms with E-state index in [1.54, 1.807) is 6.08 Å². The van der Waals surface area contributed by atoms with E-state index in [0.717, 1.165) is 12.8 Å². The first kappa shape index (κ1) is 13.3. The maximum atomic E-state index is 11.6. The molecule has 2 N–H and O–H groups in total. The van der Waals surface area contributed by atoms with Crippen LogP contribution in [0.3, 0.4) is 0 Å². The summed E-state index contributed by atoms with van der Waals surface area (Å²) < 4.78 is 0. The summed E-state index contributed by atoms with van der Waals surface area (Å²) in [6.45, 7) is 0.530. The molecule has 19 heavy (non-hydrogen) atoms. The Hall–Kier alpha value is -2.10. The van der Waals surface area contributed by atoms with Crippen molar-refractivity contribution in [3.63, 3.8) is 0 Å². The van der Waals surface area contributed by atoms with Crippen LogP contribution in [-0.2, 0) is 16.0 Å². The van der Waals surface area contributed by atoms with E-state index >= 15 is 0 Å². The summed E-state index contributed by atoms with van der Waals surface area (Å²) in [4.78, 5) is 22.6. The average Bonchev–Trinajstić information content (AvgIpc) is 2.81. The van der Waals surface area contributed by atoms with Gasteiger partial charge in [-0.3, -0.25) is 9.59 Å². The van der Waals surface area contributed by atoms with Crippen molar-refractivity contribution in [1.29, 1.82) is 0 Å². The highest BCUT2D eigenvalue weighted by atomic mass is 16.2. The van der Waals surface area contributed by atoms with E-state index in [1.165, 1.54) is 5.56 Å². The quantitative estimate of drug-likeness (QED) is 0.779. The lowest BCUT2D eigenvalue weighted by Gasteiger charge is -2.07. The second-order valence-electron chi connectivity index (χ2n) is 4.64. The minimum absolute atomic E-state index is 0.00152. The number of hydrogen-bond acceptors (Lipinski definition) is 2. The molecule has 1 saturated heterocycles. The van der Waals surface area contributed by atoms with Gasteiger partial charge < -0.3 is 10.6 Å². The van der Waals surface area contributed by atoms with Gasteiger partial charge in [-0.15, -0.1) is 0 Å². The molecule has 1 aliphatic heterocycles. The molecule has 0 radical (unpaired) electrons. The Kier molecular flexibility index (Phi) is 4.72. The zero-order valence-electron chi connectivity index (χ0n) is 10.8. The first-order chi connectivity index (χ1) is 9.24. The lowest BCUT2D eigenvalue weighted by molar-refractivity contribution is -0.119. The molecule has 0 aromatic heterocycles. The summed E-state index contributed by atoms with van der Waals surface area (Å²) in [5.74, 6) is -0.132. The predicted octanol–water partition coefficient (Wildman–Crippen LogP) is 1.18. The maximum Gasteiger partial charge on any atom is 0.243 e. The van der Waals surface area contributed by atoms with Crippen molar-refractivity contribution < 1.29 is 9.59 Å². The van der Waals surface area contributed by atoms with E-state index < -0.39 is 0 Å². The Bertz CT molecular complexity index is 468. The molecule has 1 aromatic carbocycles. The number of aryl methyl sites for hydroxylation is 1. The molecule has 1 heterocycles. The highest BCUT2D eigenvalue weighted by Crippen LogP contribution is 2.03. The SMILES string of the molecule is O=C(/C=C/CCc1ccccc1)NC1CNC(=O)C1. The van der Waals surface area contributed by atoms with Gasteiger partial charge in [-0.1, -0.05) is 36.4 Å². The summed E-state index contributed by atoms with van der Waals surface area (Å²) in [7, 11) is 0. The highest BCUT2D eigenvalue weighted by molar-refractivity contribution is 5.89. The number of rotatable bonds is 5. The zero-order valence-corrected chi connectivity index (χ0v) is 10.8. The topological polar surface area (TPSA) is 58.2 Å². The van der Waals surface area contributed by atoms with E-state index in [2.05, 4.69) is 22.8 Å². The molecule has 100 valence electrons. The molecule has 0 saturated carbocycles. The fourth-order valence-corrected chi connectivity index (χ4v) is 2.04. The number of hydrogen-bond donors (Lipinski definition) is 2. The molecule has 4 nitrogen and oxygen atoms in total. The molecule has 1 aliphatic rings. The third-order valence-corrected chi connectivity index (χ3v) is 3.04. The van der Waals surface area contributed by atoms with Gasteiger partial charge >= 0.3 is 0 Å². The Labute approximate surface area is 112 Å². The van der Waals surface area contributed by atoms with Crippen LogP contribution in [0.4, 0.5) is 0 Å². The normalized spacial score (nSPS) is 18.5. The van der Waals surface area contributed by atoms with Crippen LogP contribution in [-0.4, -0.2) is 24.4 Å². The first-order valence-electron chi connectivity index (χ1n) is 6.52. The third-order valence-electron chi connectivity index (χ3n) is 3.04. The summed E-state index contributed by atoms with van der Waals surface area (Å²) in [5.41, 5.74) is 1.26. The lowest BCUT2D eigenvalue weighted by atomic mass is 10.1. The number of amides is 2. The summed E-state index contributed by atoms with van der Waals surface area (Å²) in [5, 5.41) is 5.48. The Morgan fingerprint density at radius 1 is 1.37 bits per heavy atom. The van der Waals surface area contributed by atoms with Crippen molar-refractivity contribution in [2.45, 2.75) is 25.3 Å². The molecule has 1 fully saturated rings. The monoisotopic (exact) mass is 258 g/mol. The van der Waals surface area contributed by atoms with Gasteiger partial charge in [0.2, 0.25) is 11.8 Å². The van der Waals surface area contributed by atoms with E-state index in [1.807, 2.05) is 24.3 Å². The molecule has 2 rings (SSSR count). The van der Waals surface area contributed by atoms with Crippen molar-refractivity contribution in [3.8, 4) is 0 Å². The molecule has 1 unspecified atom stereocenters. The zero-order chi connectivity index (χ0) is 13.5. The Morgan fingerprint density at radius 2 is 2.16 bits per heavy atom. The molecule has 4 heteroatoms. The largest absolute Gasteiger partial charge is 0.354 e. The standard InChI is InChI=1S/C15H18N2O2/c18-14(17-13-10-15(19)16-11-13)9-5-4-8-12-6-2-1-3-7-12/h1-3,5-7,9,13H,4,8,10-11H2,(H,16,19)(H,17,18)/b9-5+. The highest BCUT2D eigenvalue weighted by Gasteiger charge is 2.21. The minimum Gasteiger partial charge on any atom is -0.354 e. The van der Waals surface area contributed by atoms with Crippen LogP contribution in [0.15, 0.2) is 42.5 Å². The van der Waals surface area contributed by atoms with Crippen LogP contribution in [0.2, 0.25) is 0 Å². The Morgan fingerprint density at radius 3 is 2.84 bits per heavy atom. The van der Waals surface area contributed by atoms with E-state index in [9.17, 15) is 9.59 Å². The summed E-state index contributed by atoms with van der Waals surface area (Å²) >= 11 is 0. The van der Waals surface area contributed by atoms with Crippen molar-refractivity contribution in [1.82, 2.24) is 10.6 Å². The van der Waals surface area contributed by atoms with Crippen LogP contribution >= 0.6 is 0 Å². The summed E-state index contributed by atoms with van der Waals surface area (Å²) in [6.07, 6.45) is 5.55. The van der Waals surface area contributed by atoms with Gasteiger partial charge in [-0.2, -0.15) is 0 Å². The predicted molar refractivity (Wildman–Crippen MR) is 73.5 cm³/mol. The van der Waals surface area contributed by atoms with Crippen LogP contribution in [0.25, 0.3) is 0 Å². The second kappa shape index (κ2) is 6.73. The fourth-order valence-electron chi connectivity index (χ4n) is 2.04. The van der Waals surface area contributed by atoms with Crippen LogP contribution in [0, 0.1) is 0 Å². The molecular weight excluding hydrogens is 240 g/mol. The Balaban J connectivity index is 1.67. The van der Waals surface area contributed by atoms with Gasteiger partial charge in [0.05, 0.1) is 6.04 Å². The molecular formula is C15H18N2O2. The molecule has 2 amide bonds. The van der Waals surface area contributed by atoms with Crippen molar-refractivity contribution in [3.05, 3.63) is 48.0 Å². The number of carbonyl (C=O) groups excluding carboxylic acids is 2. The molecule has 1 aromatic rings. The van der Waals surface area contributed by atoms with Crippen molar-refractivity contribution >= 4 is 11.8 Å². The van der Waals surface area contributed by atoms with Gasteiger partial charge in [-0.05, 0) is 24.5 Å². The molecule has 0 bridgehead atoms. The molecule has 1 atom stereocenters. The van der Waals surface area contributed by atoms with Gasteiger partial charge in [0, 0.05) is 13.0 Å². The van der Waals surface area contributed by atoms with Crippen molar-refractivity contribution in [2.75, 3.05) is 6.54 Å². The smallest absolute Gasteiger partial charge is 0.243 e. The van der Waals surface area contributed by atoms with Gasteiger partial charge in [0.25, 0.3) is 0 Å². The average molecular weight is 258 g/mol. The number of carbonyl (C=O) groups is 2. The number of allylic oxidation sites excluding steroid dienone is 1. The lowest BCUT2D eigenvalue weighted by Crippen LogP contribution is -2.35. The second-order valence-corrected chi connectivity index (χ2v) is 4.64.